The van der Waals surface area contributed by atoms with Crippen LogP contribution >= 0.6 is 0 Å². The summed E-state index contributed by atoms with van der Waals surface area (Å²) in [5.74, 6) is 0. The summed E-state index contributed by atoms with van der Waals surface area (Å²) in [6.45, 7) is 2.29. The van der Waals surface area contributed by atoms with E-state index in [0.717, 1.165) is 5.70 Å². The number of nitrogens with one attached hydrogen (secondary N) is 1. The van der Waals surface area contributed by atoms with Crippen LogP contribution in [-0.4, -0.2) is 19.9 Å². The van der Waals surface area contributed by atoms with E-state index in [1.807, 2.05) is 20.0 Å². The molecule has 0 aromatic rings. The second kappa shape index (κ2) is 5.31. The molecule has 0 aromatic carbocycles. The zero-order valence-electron chi connectivity index (χ0n) is 5.89. The fourth-order valence-electron chi connectivity index (χ4n) is 0.434. The maximum absolute atomic E-state index is 5.13. The lowest BCUT2D eigenvalue weighted by Gasteiger charge is -1.95. The highest BCUT2D eigenvalue weighted by molar-refractivity contribution is 5.77. The normalized spacial score (nSPS) is 12.6. The lowest BCUT2D eigenvalue weighted by atomic mass is 10.4. The van der Waals surface area contributed by atoms with Gasteiger partial charge in [-0.15, -0.1) is 0 Å². The third-order valence-corrected chi connectivity index (χ3v) is 0.935. The molecule has 52 valence electrons. The summed E-state index contributed by atoms with van der Waals surface area (Å²) in [5, 5.41) is 2.94. The van der Waals surface area contributed by atoms with Crippen molar-refractivity contribution in [2.75, 3.05) is 13.7 Å². The first kappa shape index (κ1) is 8.17. The molecule has 0 saturated heterocycles. The molecule has 0 bridgehead atoms. The van der Waals surface area contributed by atoms with Crippen LogP contribution in [0.25, 0.3) is 0 Å². The van der Waals surface area contributed by atoms with Crippen molar-refractivity contribution in [3.05, 3.63) is 11.8 Å². The van der Waals surface area contributed by atoms with E-state index in [1.54, 1.807) is 6.21 Å². The first-order chi connectivity index (χ1) is 4.35. The van der Waals surface area contributed by atoms with Gasteiger partial charge in [-0.25, -0.2) is 0 Å². The molecule has 0 heterocycles. The van der Waals surface area contributed by atoms with Crippen LogP contribution in [0.4, 0.5) is 0 Å². The van der Waals surface area contributed by atoms with E-state index >= 15 is 0 Å². The highest BCUT2D eigenvalue weighted by Crippen LogP contribution is 1.79. The maximum atomic E-state index is 5.13. The van der Waals surface area contributed by atoms with Crippen molar-refractivity contribution in [1.82, 2.24) is 5.32 Å². The van der Waals surface area contributed by atoms with Gasteiger partial charge in [-0.3, -0.25) is 4.99 Å². The Kier molecular flexibility index (Phi) is 4.82. The summed E-state index contributed by atoms with van der Waals surface area (Å²) in [4.78, 5) is 3.84. The number of hydrogen-bond donors (Lipinski definition) is 2. The van der Waals surface area contributed by atoms with Crippen LogP contribution in [0.1, 0.15) is 6.92 Å². The number of nitrogens with zero attached hydrogens (tertiary/aromatic N) is 1. The van der Waals surface area contributed by atoms with Gasteiger partial charge in [0, 0.05) is 19.0 Å². The Hall–Kier alpha value is -0.830. The van der Waals surface area contributed by atoms with Crippen molar-refractivity contribution < 1.29 is 0 Å². The topological polar surface area (TPSA) is 50.4 Å². The third-order valence-electron chi connectivity index (χ3n) is 0.935. The number of hydrogen-bond acceptors (Lipinski definition) is 3. The van der Waals surface area contributed by atoms with Crippen LogP contribution < -0.4 is 11.1 Å². The monoisotopic (exact) mass is 127 g/mol. The lowest BCUT2D eigenvalue weighted by Crippen LogP contribution is -2.07. The SMILES string of the molecule is C/C=C(\C=N/CN)NC. The molecule has 0 aliphatic carbocycles. The fraction of sp³-hybridized carbons (Fsp3) is 0.500. The van der Waals surface area contributed by atoms with Crippen molar-refractivity contribution in [1.29, 1.82) is 0 Å². The van der Waals surface area contributed by atoms with Crippen LogP contribution in [0.15, 0.2) is 16.8 Å². The van der Waals surface area contributed by atoms with E-state index in [9.17, 15) is 0 Å². The highest BCUT2D eigenvalue weighted by Gasteiger charge is 1.79. The second-order valence-corrected chi connectivity index (χ2v) is 1.49. The molecule has 3 nitrogen and oxygen atoms in total. The van der Waals surface area contributed by atoms with Gasteiger partial charge in [0.25, 0.3) is 0 Å². The number of rotatable bonds is 3. The van der Waals surface area contributed by atoms with Crippen LogP contribution in [0.2, 0.25) is 0 Å². The van der Waals surface area contributed by atoms with Crippen LogP contribution in [0.5, 0.6) is 0 Å². The Morgan fingerprint density at radius 2 is 2.44 bits per heavy atom. The van der Waals surface area contributed by atoms with Gasteiger partial charge in [0.1, 0.15) is 0 Å². The summed E-state index contributed by atoms with van der Waals surface area (Å²) < 4.78 is 0. The second-order valence-electron chi connectivity index (χ2n) is 1.49. The Labute approximate surface area is 55.7 Å². The molecule has 0 unspecified atom stereocenters. The van der Waals surface area contributed by atoms with Gasteiger partial charge in [0.05, 0.1) is 6.67 Å². The zero-order valence-corrected chi connectivity index (χ0v) is 5.89. The first-order valence-corrected chi connectivity index (χ1v) is 2.89. The predicted octanol–water partition coefficient (Wildman–Crippen LogP) is 0.0966. The van der Waals surface area contributed by atoms with Crippen molar-refractivity contribution in [3.63, 3.8) is 0 Å². The Bertz CT molecular complexity index is 115. The predicted molar refractivity (Wildman–Crippen MR) is 40.4 cm³/mol. The van der Waals surface area contributed by atoms with Crippen molar-refractivity contribution in [3.8, 4) is 0 Å². The summed E-state index contributed by atoms with van der Waals surface area (Å²) in [5.41, 5.74) is 6.12. The molecular weight excluding hydrogens is 114 g/mol. The molecule has 3 heteroatoms. The minimum absolute atomic E-state index is 0.346. The largest absolute Gasteiger partial charge is 0.387 e. The third kappa shape index (κ3) is 3.73. The zero-order chi connectivity index (χ0) is 7.11. The Morgan fingerprint density at radius 3 is 2.78 bits per heavy atom. The van der Waals surface area contributed by atoms with Gasteiger partial charge in [0.2, 0.25) is 0 Å². The smallest absolute Gasteiger partial charge is 0.0860 e. The van der Waals surface area contributed by atoms with Crippen molar-refractivity contribution in [2.24, 2.45) is 10.7 Å². The van der Waals surface area contributed by atoms with Gasteiger partial charge in [-0.1, -0.05) is 6.08 Å². The highest BCUT2D eigenvalue weighted by atomic mass is 14.9. The van der Waals surface area contributed by atoms with E-state index in [0.29, 0.717) is 6.67 Å². The first-order valence-electron chi connectivity index (χ1n) is 2.89. The summed E-state index contributed by atoms with van der Waals surface area (Å²) in [6, 6.07) is 0. The van der Waals surface area contributed by atoms with Gasteiger partial charge >= 0.3 is 0 Å². The molecule has 9 heavy (non-hydrogen) atoms. The standard InChI is InChI=1S/C6H13N3/c1-3-6(8-2)4-9-5-7/h3-4,8H,5,7H2,1-2H3/b6-3+,9-4-. The molecule has 0 radical (unpaired) electrons. The van der Waals surface area contributed by atoms with E-state index in [-0.39, 0.29) is 0 Å². The molecule has 0 fully saturated rings. The maximum Gasteiger partial charge on any atom is 0.0860 e. The molecule has 0 saturated carbocycles. The van der Waals surface area contributed by atoms with Gasteiger partial charge in [-0.2, -0.15) is 0 Å². The molecule has 0 spiro atoms. The molecule has 0 aliphatic rings. The Balaban J connectivity index is 3.70. The fourth-order valence-corrected chi connectivity index (χ4v) is 0.434. The molecule has 0 rings (SSSR count). The van der Waals surface area contributed by atoms with E-state index in [2.05, 4.69) is 10.3 Å². The van der Waals surface area contributed by atoms with Gasteiger partial charge in [-0.05, 0) is 6.92 Å². The molecular formula is C6H13N3. The molecule has 0 amide bonds. The van der Waals surface area contributed by atoms with E-state index in [4.69, 9.17) is 5.73 Å². The van der Waals surface area contributed by atoms with E-state index < -0.39 is 0 Å². The van der Waals surface area contributed by atoms with Crippen molar-refractivity contribution >= 4 is 6.21 Å². The van der Waals surface area contributed by atoms with Crippen LogP contribution in [0.3, 0.4) is 0 Å². The minimum Gasteiger partial charge on any atom is -0.387 e. The van der Waals surface area contributed by atoms with Crippen molar-refractivity contribution in [2.45, 2.75) is 6.92 Å². The lowest BCUT2D eigenvalue weighted by molar-refractivity contribution is 1.03. The number of allylic oxidation sites excluding steroid dienone is 2. The van der Waals surface area contributed by atoms with Crippen LogP contribution in [0, 0.1) is 0 Å². The van der Waals surface area contributed by atoms with E-state index in [1.165, 1.54) is 0 Å². The molecule has 0 atom stereocenters. The summed E-state index contributed by atoms with van der Waals surface area (Å²) >= 11 is 0. The molecule has 0 aromatic heterocycles. The Morgan fingerprint density at radius 1 is 1.78 bits per heavy atom. The average Bonchev–Trinajstić information content (AvgIpc) is 1.91. The average molecular weight is 127 g/mol. The number of aliphatic imine (C=N–C) groups is 1. The van der Waals surface area contributed by atoms with Gasteiger partial charge < -0.3 is 11.1 Å². The summed E-state index contributed by atoms with van der Waals surface area (Å²) in [6.07, 6.45) is 3.64. The summed E-state index contributed by atoms with van der Waals surface area (Å²) in [7, 11) is 1.85. The van der Waals surface area contributed by atoms with Crippen LogP contribution in [-0.2, 0) is 0 Å². The minimum atomic E-state index is 0.346. The quantitative estimate of drug-likeness (QED) is 0.528. The van der Waals surface area contributed by atoms with Gasteiger partial charge in [0.15, 0.2) is 0 Å². The molecule has 0 aliphatic heterocycles. The number of nitrogens with two attached hydrogens (primary N) is 1. The molecule has 3 N–H and O–H groups in total.